The summed E-state index contributed by atoms with van der Waals surface area (Å²) in [4.78, 5) is 0. The van der Waals surface area contributed by atoms with E-state index in [1.807, 2.05) is 0 Å². The molecule has 0 aromatic carbocycles. The first-order chi connectivity index (χ1) is 5.38. The van der Waals surface area contributed by atoms with Crippen LogP contribution in [0.5, 0.6) is 0 Å². The van der Waals surface area contributed by atoms with Crippen LogP contribution in [0, 0.1) is 11.3 Å². The Morgan fingerprint density at radius 1 is 1.25 bits per heavy atom. The first-order valence-electron chi connectivity index (χ1n) is 5.10. The topological polar surface area (TPSA) is 20.2 Å². The highest BCUT2D eigenvalue weighted by atomic mass is 16.3. The van der Waals surface area contributed by atoms with Crippen LogP contribution in [0.2, 0.25) is 0 Å². The summed E-state index contributed by atoms with van der Waals surface area (Å²) in [7, 11) is 0. The summed E-state index contributed by atoms with van der Waals surface area (Å²) in [5.74, 6) is 0.464. The molecule has 0 heterocycles. The fourth-order valence-electron chi connectivity index (χ4n) is 2.44. The SMILES string of the molecule is CC1CCCCC1(O)C(C)(C)C. The molecule has 1 aliphatic rings. The summed E-state index contributed by atoms with van der Waals surface area (Å²) in [5, 5.41) is 10.5. The van der Waals surface area contributed by atoms with Crippen molar-refractivity contribution in [2.75, 3.05) is 0 Å². The lowest BCUT2D eigenvalue weighted by Crippen LogP contribution is -2.49. The molecular weight excluding hydrogens is 148 g/mol. The van der Waals surface area contributed by atoms with E-state index in [1.54, 1.807) is 0 Å². The average Bonchev–Trinajstić information content (AvgIpc) is 1.93. The Labute approximate surface area is 76.2 Å². The maximum atomic E-state index is 10.5. The predicted molar refractivity (Wildman–Crippen MR) is 52.0 cm³/mol. The molecule has 0 aliphatic heterocycles. The van der Waals surface area contributed by atoms with Crippen LogP contribution < -0.4 is 0 Å². The van der Waals surface area contributed by atoms with Gasteiger partial charge in [-0.05, 0) is 24.2 Å². The minimum absolute atomic E-state index is 0.0346. The largest absolute Gasteiger partial charge is 0.389 e. The molecule has 0 aromatic heterocycles. The van der Waals surface area contributed by atoms with E-state index >= 15 is 0 Å². The number of rotatable bonds is 0. The van der Waals surface area contributed by atoms with Crippen molar-refractivity contribution < 1.29 is 5.11 Å². The highest BCUT2D eigenvalue weighted by Gasteiger charge is 2.45. The molecule has 72 valence electrons. The second-order valence-electron chi connectivity index (χ2n) is 5.32. The third-order valence-electron chi connectivity index (χ3n) is 3.56. The van der Waals surface area contributed by atoms with E-state index in [9.17, 15) is 5.11 Å². The molecule has 0 saturated heterocycles. The van der Waals surface area contributed by atoms with Crippen molar-refractivity contribution in [2.24, 2.45) is 11.3 Å². The van der Waals surface area contributed by atoms with Crippen molar-refractivity contribution in [3.05, 3.63) is 0 Å². The van der Waals surface area contributed by atoms with Crippen molar-refractivity contribution in [2.45, 2.75) is 59.0 Å². The minimum atomic E-state index is -0.425. The summed E-state index contributed by atoms with van der Waals surface area (Å²) in [5.41, 5.74) is -0.391. The Balaban J connectivity index is 2.79. The summed E-state index contributed by atoms with van der Waals surface area (Å²) in [6, 6.07) is 0. The van der Waals surface area contributed by atoms with Gasteiger partial charge in [0.15, 0.2) is 0 Å². The molecule has 2 unspecified atom stereocenters. The molecule has 0 aromatic rings. The quantitative estimate of drug-likeness (QED) is 0.592. The van der Waals surface area contributed by atoms with E-state index in [-0.39, 0.29) is 5.41 Å². The molecule has 0 spiro atoms. The van der Waals surface area contributed by atoms with Gasteiger partial charge in [0.05, 0.1) is 5.60 Å². The van der Waals surface area contributed by atoms with Gasteiger partial charge in [0, 0.05) is 0 Å². The van der Waals surface area contributed by atoms with Gasteiger partial charge in [0.25, 0.3) is 0 Å². The van der Waals surface area contributed by atoms with Crippen LogP contribution in [-0.4, -0.2) is 10.7 Å². The van der Waals surface area contributed by atoms with Gasteiger partial charge in [-0.15, -0.1) is 0 Å². The zero-order valence-electron chi connectivity index (χ0n) is 8.85. The Bertz CT molecular complexity index is 157. The monoisotopic (exact) mass is 170 g/mol. The number of aliphatic hydroxyl groups is 1. The molecule has 1 heteroatoms. The summed E-state index contributed by atoms with van der Waals surface area (Å²) in [6.45, 7) is 8.63. The van der Waals surface area contributed by atoms with Gasteiger partial charge >= 0.3 is 0 Å². The van der Waals surface area contributed by atoms with Crippen LogP contribution in [0.15, 0.2) is 0 Å². The van der Waals surface area contributed by atoms with Gasteiger partial charge in [0.2, 0.25) is 0 Å². The minimum Gasteiger partial charge on any atom is -0.389 e. The highest BCUT2D eigenvalue weighted by molar-refractivity contribution is 4.96. The molecule has 1 nitrogen and oxygen atoms in total. The predicted octanol–water partition coefficient (Wildman–Crippen LogP) is 2.97. The lowest BCUT2D eigenvalue weighted by Gasteiger charge is -2.47. The van der Waals surface area contributed by atoms with Gasteiger partial charge in [-0.2, -0.15) is 0 Å². The first kappa shape index (κ1) is 10.0. The van der Waals surface area contributed by atoms with Crippen LogP contribution in [0.4, 0.5) is 0 Å². The normalized spacial score (nSPS) is 38.2. The van der Waals surface area contributed by atoms with Crippen molar-refractivity contribution >= 4 is 0 Å². The summed E-state index contributed by atoms with van der Waals surface area (Å²) < 4.78 is 0. The fourth-order valence-corrected chi connectivity index (χ4v) is 2.44. The molecule has 1 rings (SSSR count). The molecule has 1 N–H and O–H groups in total. The summed E-state index contributed by atoms with van der Waals surface area (Å²) in [6.07, 6.45) is 4.66. The van der Waals surface area contributed by atoms with Crippen molar-refractivity contribution in [3.8, 4) is 0 Å². The average molecular weight is 170 g/mol. The van der Waals surface area contributed by atoms with E-state index in [2.05, 4.69) is 27.7 Å². The third-order valence-corrected chi connectivity index (χ3v) is 3.56. The lowest BCUT2D eigenvalue weighted by atomic mass is 9.63. The van der Waals surface area contributed by atoms with E-state index < -0.39 is 5.60 Å². The Hall–Kier alpha value is -0.0400. The maximum Gasteiger partial charge on any atom is 0.0721 e. The van der Waals surface area contributed by atoms with Gasteiger partial charge in [-0.25, -0.2) is 0 Å². The second kappa shape index (κ2) is 3.02. The Morgan fingerprint density at radius 2 is 1.83 bits per heavy atom. The van der Waals surface area contributed by atoms with Crippen LogP contribution in [-0.2, 0) is 0 Å². The van der Waals surface area contributed by atoms with Gasteiger partial charge in [-0.1, -0.05) is 40.5 Å². The van der Waals surface area contributed by atoms with Gasteiger partial charge < -0.3 is 5.11 Å². The molecule has 12 heavy (non-hydrogen) atoms. The van der Waals surface area contributed by atoms with Crippen molar-refractivity contribution in [1.82, 2.24) is 0 Å². The molecule has 0 amide bonds. The highest BCUT2D eigenvalue weighted by Crippen LogP contribution is 2.45. The second-order valence-corrected chi connectivity index (χ2v) is 5.32. The number of hydrogen-bond donors (Lipinski definition) is 1. The number of hydrogen-bond acceptors (Lipinski definition) is 1. The van der Waals surface area contributed by atoms with E-state index in [0.717, 1.165) is 6.42 Å². The van der Waals surface area contributed by atoms with Gasteiger partial charge in [-0.3, -0.25) is 0 Å². The van der Waals surface area contributed by atoms with Crippen molar-refractivity contribution in [1.29, 1.82) is 0 Å². The Morgan fingerprint density at radius 3 is 2.17 bits per heavy atom. The first-order valence-corrected chi connectivity index (χ1v) is 5.10. The van der Waals surface area contributed by atoms with E-state index in [0.29, 0.717) is 5.92 Å². The van der Waals surface area contributed by atoms with Crippen LogP contribution >= 0.6 is 0 Å². The molecule has 0 radical (unpaired) electrons. The Kier molecular flexibility index (Phi) is 2.53. The zero-order valence-corrected chi connectivity index (χ0v) is 8.85. The van der Waals surface area contributed by atoms with Crippen molar-refractivity contribution in [3.63, 3.8) is 0 Å². The molecule has 0 bridgehead atoms. The van der Waals surface area contributed by atoms with E-state index in [4.69, 9.17) is 0 Å². The van der Waals surface area contributed by atoms with Crippen LogP contribution in [0.1, 0.15) is 53.4 Å². The molecule has 1 aliphatic carbocycles. The molecule has 1 saturated carbocycles. The van der Waals surface area contributed by atoms with Gasteiger partial charge in [0.1, 0.15) is 0 Å². The zero-order chi connectivity index (χ0) is 9.41. The van der Waals surface area contributed by atoms with Crippen LogP contribution in [0.25, 0.3) is 0 Å². The standard InChI is InChI=1S/C11H22O/c1-9-7-5-6-8-11(9,12)10(2,3)4/h9,12H,5-8H2,1-4H3. The van der Waals surface area contributed by atoms with Crippen LogP contribution in [0.3, 0.4) is 0 Å². The molecular formula is C11H22O. The fraction of sp³-hybridized carbons (Fsp3) is 1.00. The molecule has 2 atom stereocenters. The van der Waals surface area contributed by atoms with E-state index in [1.165, 1.54) is 19.3 Å². The lowest BCUT2D eigenvalue weighted by molar-refractivity contribution is -0.121. The summed E-state index contributed by atoms with van der Waals surface area (Å²) >= 11 is 0. The smallest absolute Gasteiger partial charge is 0.0721 e. The molecule has 1 fully saturated rings. The third kappa shape index (κ3) is 1.52. The maximum absolute atomic E-state index is 10.5.